The molecule has 0 unspecified atom stereocenters. The van der Waals surface area contributed by atoms with Crippen LogP contribution in [0.1, 0.15) is 31.9 Å². The number of hydrogen-bond acceptors (Lipinski definition) is 2. The average Bonchev–Trinajstić information content (AvgIpc) is 2.37. The molecule has 112 valence electrons. The third kappa shape index (κ3) is 4.57. The quantitative estimate of drug-likeness (QED) is 0.871. The Balaban J connectivity index is 2.25. The second-order valence-electron chi connectivity index (χ2n) is 6.24. The molecule has 2 aromatic rings. The molecule has 2 aromatic carbocycles. The highest BCUT2D eigenvalue weighted by atomic mass is 19.1. The topological polar surface area (TPSA) is 21.3 Å². The maximum Gasteiger partial charge on any atom is 0.134 e. The molecule has 3 heteroatoms. The van der Waals surface area contributed by atoms with Crippen LogP contribution in [0.4, 0.5) is 4.39 Å². The predicted molar refractivity (Wildman–Crippen MR) is 84.2 cm³/mol. The summed E-state index contributed by atoms with van der Waals surface area (Å²) in [5.41, 5.74) is 1.58. The van der Waals surface area contributed by atoms with Gasteiger partial charge in [0, 0.05) is 17.6 Å². The van der Waals surface area contributed by atoms with Crippen molar-refractivity contribution in [2.75, 3.05) is 0 Å². The van der Waals surface area contributed by atoms with Crippen molar-refractivity contribution in [1.82, 2.24) is 5.32 Å². The highest BCUT2D eigenvalue weighted by Gasteiger charge is 2.14. The number of ether oxygens (including phenoxy) is 1. The Kier molecular flexibility index (Phi) is 4.63. The van der Waals surface area contributed by atoms with Crippen molar-refractivity contribution in [3.8, 4) is 11.5 Å². The zero-order valence-corrected chi connectivity index (χ0v) is 13.0. The molecule has 0 aliphatic carbocycles. The summed E-state index contributed by atoms with van der Waals surface area (Å²) in [5, 5.41) is 3.30. The Hall–Kier alpha value is -1.87. The van der Waals surface area contributed by atoms with Crippen LogP contribution in [0.15, 0.2) is 42.5 Å². The van der Waals surface area contributed by atoms with Crippen molar-refractivity contribution in [3.05, 3.63) is 59.4 Å². The lowest BCUT2D eigenvalue weighted by Gasteiger charge is -2.22. The highest BCUT2D eigenvalue weighted by Crippen LogP contribution is 2.28. The van der Waals surface area contributed by atoms with Crippen molar-refractivity contribution in [2.45, 2.75) is 39.8 Å². The van der Waals surface area contributed by atoms with E-state index < -0.39 is 0 Å². The van der Waals surface area contributed by atoms with Crippen LogP contribution in [0.5, 0.6) is 11.5 Å². The van der Waals surface area contributed by atoms with Crippen molar-refractivity contribution >= 4 is 0 Å². The van der Waals surface area contributed by atoms with Crippen molar-refractivity contribution in [2.24, 2.45) is 0 Å². The first-order valence-corrected chi connectivity index (χ1v) is 7.12. The van der Waals surface area contributed by atoms with Gasteiger partial charge in [-0.05, 0) is 57.5 Å². The van der Waals surface area contributed by atoms with Gasteiger partial charge in [-0.2, -0.15) is 0 Å². The summed E-state index contributed by atoms with van der Waals surface area (Å²) in [6, 6.07) is 12.7. The van der Waals surface area contributed by atoms with Crippen molar-refractivity contribution < 1.29 is 9.13 Å². The summed E-state index contributed by atoms with van der Waals surface area (Å²) >= 11 is 0. The summed E-state index contributed by atoms with van der Waals surface area (Å²) in [6.45, 7) is 8.58. The third-order valence-electron chi connectivity index (χ3n) is 3.09. The van der Waals surface area contributed by atoms with Gasteiger partial charge < -0.3 is 10.1 Å². The number of rotatable bonds is 4. The van der Waals surface area contributed by atoms with Gasteiger partial charge in [0.05, 0.1) is 0 Å². The first-order chi connectivity index (χ1) is 9.85. The molecule has 0 radical (unpaired) electrons. The zero-order chi connectivity index (χ0) is 15.5. The first-order valence-electron chi connectivity index (χ1n) is 7.12. The van der Waals surface area contributed by atoms with Gasteiger partial charge in [0.1, 0.15) is 17.3 Å². The van der Waals surface area contributed by atoms with Crippen molar-refractivity contribution in [1.29, 1.82) is 0 Å². The molecule has 2 rings (SSSR count). The van der Waals surface area contributed by atoms with Gasteiger partial charge in [-0.3, -0.25) is 0 Å². The standard InChI is InChI=1S/C18H22FNO/c1-13-7-5-8-14(11-13)21-17-10-6-9-16(19)15(17)12-20-18(2,3)4/h5-11,20H,12H2,1-4H3. The monoisotopic (exact) mass is 287 g/mol. The van der Waals surface area contributed by atoms with Crippen LogP contribution in [0, 0.1) is 12.7 Å². The number of hydrogen-bond donors (Lipinski definition) is 1. The van der Waals surface area contributed by atoms with Crippen LogP contribution >= 0.6 is 0 Å². The normalized spacial score (nSPS) is 11.5. The van der Waals surface area contributed by atoms with Crippen LogP contribution in [-0.4, -0.2) is 5.54 Å². The van der Waals surface area contributed by atoms with Gasteiger partial charge in [0.15, 0.2) is 0 Å². The lowest BCUT2D eigenvalue weighted by atomic mass is 10.1. The average molecular weight is 287 g/mol. The number of aryl methyl sites for hydroxylation is 1. The largest absolute Gasteiger partial charge is 0.457 e. The molecule has 0 saturated heterocycles. The lowest BCUT2D eigenvalue weighted by Crippen LogP contribution is -2.35. The summed E-state index contributed by atoms with van der Waals surface area (Å²) in [7, 11) is 0. The van der Waals surface area contributed by atoms with E-state index in [0.29, 0.717) is 17.9 Å². The van der Waals surface area contributed by atoms with Gasteiger partial charge in [-0.25, -0.2) is 4.39 Å². The van der Waals surface area contributed by atoms with E-state index in [2.05, 4.69) is 26.1 Å². The second-order valence-corrected chi connectivity index (χ2v) is 6.24. The van der Waals surface area contributed by atoms with Gasteiger partial charge in [-0.15, -0.1) is 0 Å². The summed E-state index contributed by atoms with van der Waals surface area (Å²) in [5.74, 6) is 1.02. The zero-order valence-electron chi connectivity index (χ0n) is 13.0. The molecule has 0 heterocycles. The van der Waals surface area contributed by atoms with E-state index in [0.717, 1.165) is 11.3 Å². The van der Waals surface area contributed by atoms with E-state index in [-0.39, 0.29) is 11.4 Å². The first kappa shape index (κ1) is 15.5. The number of benzene rings is 2. The highest BCUT2D eigenvalue weighted by molar-refractivity contribution is 5.39. The number of nitrogens with one attached hydrogen (secondary N) is 1. The van der Waals surface area contributed by atoms with E-state index >= 15 is 0 Å². The SMILES string of the molecule is Cc1cccc(Oc2cccc(F)c2CNC(C)(C)C)c1. The van der Waals surface area contributed by atoms with Crippen LogP contribution in [0.3, 0.4) is 0 Å². The molecule has 0 aliphatic rings. The van der Waals surface area contributed by atoms with Gasteiger partial charge in [0.25, 0.3) is 0 Å². The Morgan fingerprint density at radius 2 is 1.81 bits per heavy atom. The Morgan fingerprint density at radius 1 is 1.10 bits per heavy atom. The minimum atomic E-state index is -0.253. The molecule has 0 saturated carbocycles. The molecule has 0 aliphatic heterocycles. The summed E-state index contributed by atoms with van der Waals surface area (Å²) in [4.78, 5) is 0. The van der Waals surface area contributed by atoms with E-state index in [9.17, 15) is 4.39 Å². The van der Waals surface area contributed by atoms with Gasteiger partial charge in [-0.1, -0.05) is 18.2 Å². The molecule has 1 N–H and O–H groups in total. The molecular weight excluding hydrogens is 265 g/mol. The van der Waals surface area contributed by atoms with E-state index in [4.69, 9.17) is 4.74 Å². The third-order valence-corrected chi connectivity index (χ3v) is 3.09. The fourth-order valence-corrected chi connectivity index (χ4v) is 1.97. The van der Waals surface area contributed by atoms with Crippen molar-refractivity contribution in [3.63, 3.8) is 0 Å². The smallest absolute Gasteiger partial charge is 0.134 e. The maximum atomic E-state index is 14.1. The van der Waals surface area contributed by atoms with Crippen LogP contribution in [0.25, 0.3) is 0 Å². The lowest BCUT2D eigenvalue weighted by molar-refractivity contribution is 0.406. The fourth-order valence-electron chi connectivity index (χ4n) is 1.97. The molecular formula is C18H22FNO. The van der Waals surface area contributed by atoms with Crippen LogP contribution in [-0.2, 0) is 6.54 Å². The van der Waals surface area contributed by atoms with Gasteiger partial charge >= 0.3 is 0 Å². The van der Waals surface area contributed by atoms with Crippen LogP contribution in [0.2, 0.25) is 0 Å². The summed E-state index contributed by atoms with van der Waals surface area (Å²) < 4.78 is 19.9. The van der Waals surface area contributed by atoms with E-state index in [1.807, 2.05) is 31.2 Å². The Bertz CT molecular complexity index is 617. The molecule has 0 bridgehead atoms. The minimum absolute atomic E-state index is 0.0805. The molecule has 2 nitrogen and oxygen atoms in total. The fraction of sp³-hybridized carbons (Fsp3) is 0.333. The molecule has 0 aromatic heterocycles. The van der Waals surface area contributed by atoms with E-state index in [1.54, 1.807) is 12.1 Å². The minimum Gasteiger partial charge on any atom is -0.457 e. The second kappa shape index (κ2) is 6.27. The van der Waals surface area contributed by atoms with Gasteiger partial charge in [0.2, 0.25) is 0 Å². The molecule has 0 fully saturated rings. The molecule has 0 atom stereocenters. The molecule has 21 heavy (non-hydrogen) atoms. The summed E-state index contributed by atoms with van der Waals surface area (Å²) in [6.07, 6.45) is 0. The molecule has 0 spiro atoms. The maximum absolute atomic E-state index is 14.1. The van der Waals surface area contributed by atoms with E-state index in [1.165, 1.54) is 6.07 Å². The molecule has 0 amide bonds. The predicted octanol–water partition coefficient (Wildman–Crippen LogP) is 4.81. The van der Waals surface area contributed by atoms with Crippen LogP contribution < -0.4 is 10.1 Å². The Morgan fingerprint density at radius 3 is 2.48 bits per heavy atom. The number of halogens is 1. The Labute approximate surface area is 126 Å².